The van der Waals surface area contributed by atoms with Gasteiger partial charge in [0.05, 0.1) is 0 Å². The Hall–Kier alpha value is -1.68. The van der Waals surface area contributed by atoms with Crippen LogP contribution in [0.3, 0.4) is 0 Å². The highest BCUT2D eigenvalue weighted by molar-refractivity contribution is 9.10. The van der Waals surface area contributed by atoms with Crippen molar-refractivity contribution in [3.8, 4) is 0 Å². The van der Waals surface area contributed by atoms with Gasteiger partial charge in [-0.05, 0) is 17.7 Å². The standard InChI is InChI=1S/C13H10BrN3/c14-11-6-7-17-12(15-16-13(17)9-11)8-10-4-2-1-3-5-10/h1-7,9H,8H2. The smallest absolute Gasteiger partial charge is 0.161 e. The van der Waals surface area contributed by atoms with Crippen LogP contribution in [0.1, 0.15) is 11.4 Å². The van der Waals surface area contributed by atoms with E-state index in [4.69, 9.17) is 0 Å². The fourth-order valence-electron chi connectivity index (χ4n) is 1.81. The summed E-state index contributed by atoms with van der Waals surface area (Å²) < 4.78 is 3.03. The molecule has 3 rings (SSSR count). The summed E-state index contributed by atoms with van der Waals surface area (Å²) in [4.78, 5) is 0. The van der Waals surface area contributed by atoms with Crippen molar-refractivity contribution in [3.05, 3.63) is 64.5 Å². The summed E-state index contributed by atoms with van der Waals surface area (Å²) in [5.74, 6) is 0.957. The van der Waals surface area contributed by atoms with Gasteiger partial charge in [0.15, 0.2) is 5.65 Å². The number of aromatic nitrogens is 3. The van der Waals surface area contributed by atoms with E-state index in [1.54, 1.807) is 0 Å². The number of nitrogens with zero attached hydrogens (tertiary/aromatic N) is 3. The molecule has 0 aliphatic carbocycles. The van der Waals surface area contributed by atoms with E-state index in [-0.39, 0.29) is 0 Å². The molecule has 4 heteroatoms. The highest BCUT2D eigenvalue weighted by atomic mass is 79.9. The molecule has 0 aliphatic heterocycles. The molecular formula is C13H10BrN3. The maximum atomic E-state index is 4.22. The molecular weight excluding hydrogens is 278 g/mol. The van der Waals surface area contributed by atoms with E-state index in [0.29, 0.717) is 0 Å². The lowest BCUT2D eigenvalue weighted by Crippen LogP contribution is -1.95. The van der Waals surface area contributed by atoms with Crippen LogP contribution in [0.25, 0.3) is 5.65 Å². The van der Waals surface area contributed by atoms with Crippen molar-refractivity contribution in [2.75, 3.05) is 0 Å². The Morgan fingerprint density at radius 2 is 1.88 bits per heavy atom. The molecule has 0 radical (unpaired) electrons. The van der Waals surface area contributed by atoms with Gasteiger partial charge in [-0.15, -0.1) is 10.2 Å². The van der Waals surface area contributed by atoms with Gasteiger partial charge in [0.25, 0.3) is 0 Å². The lowest BCUT2D eigenvalue weighted by Gasteiger charge is -2.00. The minimum atomic E-state index is 0.795. The summed E-state index contributed by atoms with van der Waals surface area (Å²) in [6.07, 6.45) is 2.78. The minimum absolute atomic E-state index is 0.795. The zero-order chi connectivity index (χ0) is 11.7. The maximum Gasteiger partial charge on any atom is 0.161 e. The van der Waals surface area contributed by atoms with Crippen LogP contribution in [0, 0.1) is 0 Å². The average molecular weight is 288 g/mol. The van der Waals surface area contributed by atoms with E-state index in [1.165, 1.54) is 5.56 Å². The van der Waals surface area contributed by atoms with Crippen LogP contribution >= 0.6 is 15.9 Å². The molecule has 0 spiro atoms. The van der Waals surface area contributed by atoms with Gasteiger partial charge in [-0.3, -0.25) is 4.40 Å². The predicted molar refractivity (Wildman–Crippen MR) is 69.9 cm³/mol. The van der Waals surface area contributed by atoms with Gasteiger partial charge in [0.2, 0.25) is 0 Å². The largest absolute Gasteiger partial charge is 0.286 e. The van der Waals surface area contributed by atoms with E-state index in [2.05, 4.69) is 38.3 Å². The molecule has 0 unspecified atom stereocenters. The Labute approximate surface area is 107 Å². The van der Waals surface area contributed by atoms with Gasteiger partial charge in [-0.25, -0.2) is 0 Å². The Balaban J connectivity index is 2.01. The van der Waals surface area contributed by atoms with Crippen LogP contribution < -0.4 is 0 Å². The van der Waals surface area contributed by atoms with Gasteiger partial charge >= 0.3 is 0 Å². The van der Waals surface area contributed by atoms with E-state index in [0.717, 1.165) is 22.4 Å². The Morgan fingerprint density at radius 1 is 1.06 bits per heavy atom. The van der Waals surface area contributed by atoms with Gasteiger partial charge in [0, 0.05) is 17.1 Å². The fourth-order valence-corrected chi connectivity index (χ4v) is 2.14. The number of rotatable bonds is 2. The number of hydrogen-bond acceptors (Lipinski definition) is 2. The fraction of sp³-hybridized carbons (Fsp3) is 0.0769. The first kappa shape index (κ1) is 10.5. The summed E-state index contributed by atoms with van der Waals surface area (Å²) in [6, 6.07) is 14.2. The Kier molecular flexibility index (Phi) is 2.65. The van der Waals surface area contributed by atoms with Gasteiger partial charge in [-0.1, -0.05) is 46.3 Å². The summed E-state index contributed by atoms with van der Waals surface area (Å²) >= 11 is 3.43. The summed E-state index contributed by atoms with van der Waals surface area (Å²) in [5.41, 5.74) is 2.11. The molecule has 0 atom stereocenters. The number of benzene rings is 1. The van der Waals surface area contributed by atoms with E-state index >= 15 is 0 Å². The van der Waals surface area contributed by atoms with Crippen molar-refractivity contribution in [2.24, 2.45) is 0 Å². The predicted octanol–water partition coefficient (Wildman–Crippen LogP) is 3.08. The zero-order valence-electron chi connectivity index (χ0n) is 9.05. The second-order valence-electron chi connectivity index (χ2n) is 3.85. The molecule has 0 saturated heterocycles. The van der Waals surface area contributed by atoms with Gasteiger partial charge < -0.3 is 0 Å². The van der Waals surface area contributed by atoms with Crippen molar-refractivity contribution in [3.63, 3.8) is 0 Å². The summed E-state index contributed by atoms with van der Waals surface area (Å²) in [6.45, 7) is 0. The van der Waals surface area contributed by atoms with Crippen LogP contribution in [-0.2, 0) is 6.42 Å². The van der Waals surface area contributed by atoms with Crippen LogP contribution in [0.15, 0.2) is 53.1 Å². The maximum absolute atomic E-state index is 4.22. The highest BCUT2D eigenvalue weighted by Crippen LogP contribution is 2.14. The Morgan fingerprint density at radius 3 is 2.71 bits per heavy atom. The second kappa shape index (κ2) is 4.30. The first-order valence-electron chi connectivity index (χ1n) is 5.36. The van der Waals surface area contributed by atoms with Gasteiger partial charge in [0.1, 0.15) is 5.82 Å². The Bertz CT molecular complexity index is 646. The monoisotopic (exact) mass is 287 g/mol. The number of pyridine rings is 1. The van der Waals surface area contributed by atoms with Crippen molar-refractivity contribution >= 4 is 21.6 Å². The van der Waals surface area contributed by atoms with E-state index in [9.17, 15) is 0 Å². The molecule has 0 fully saturated rings. The highest BCUT2D eigenvalue weighted by Gasteiger charge is 2.05. The van der Waals surface area contributed by atoms with Crippen LogP contribution in [-0.4, -0.2) is 14.6 Å². The van der Waals surface area contributed by atoms with E-state index < -0.39 is 0 Å². The molecule has 0 amide bonds. The van der Waals surface area contributed by atoms with Crippen molar-refractivity contribution in [1.29, 1.82) is 0 Å². The zero-order valence-corrected chi connectivity index (χ0v) is 10.6. The molecule has 0 N–H and O–H groups in total. The molecule has 0 bridgehead atoms. The molecule has 17 heavy (non-hydrogen) atoms. The number of fused-ring (bicyclic) bond motifs is 1. The SMILES string of the molecule is Brc1ccn2c(Cc3ccccc3)nnc2c1. The van der Waals surface area contributed by atoms with Gasteiger partial charge in [-0.2, -0.15) is 0 Å². The molecule has 84 valence electrons. The number of hydrogen-bond donors (Lipinski definition) is 0. The summed E-state index contributed by atoms with van der Waals surface area (Å²) in [5, 5.41) is 8.38. The molecule has 3 aromatic rings. The second-order valence-corrected chi connectivity index (χ2v) is 4.77. The lowest BCUT2D eigenvalue weighted by molar-refractivity contribution is 0.934. The molecule has 2 aromatic heterocycles. The van der Waals surface area contributed by atoms with Crippen molar-refractivity contribution in [2.45, 2.75) is 6.42 Å². The quantitative estimate of drug-likeness (QED) is 0.725. The van der Waals surface area contributed by atoms with Crippen LogP contribution in [0.5, 0.6) is 0 Å². The number of halogens is 1. The van der Waals surface area contributed by atoms with Crippen molar-refractivity contribution in [1.82, 2.24) is 14.6 Å². The first-order chi connectivity index (χ1) is 8.33. The third kappa shape index (κ3) is 2.08. The van der Waals surface area contributed by atoms with Crippen LogP contribution in [0.4, 0.5) is 0 Å². The molecule has 1 aromatic carbocycles. The van der Waals surface area contributed by atoms with E-state index in [1.807, 2.05) is 40.9 Å². The molecule has 3 nitrogen and oxygen atoms in total. The van der Waals surface area contributed by atoms with Crippen LogP contribution in [0.2, 0.25) is 0 Å². The average Bonchev–Trinajstić information content (AvgIpc) is 2.73. The molecule has 2 heterocycles. The third-order valence-electron chi connectivity index (χ3n) is 2.65. The van der Waals surface area contributed by atoms with Crippen molar-refractivity contribution < 1.29 is 0 Å². The minimum Gasteiger partial charge on any atom is -0.286 e. The molecule has 0 aliphatic rings. The lowest BCUT2D eigenvalue weighted by atomic mass is 10.1. The summed E-state index contributed by atoms with van der Waals surface area (Å²) in [7, 11) is 0. The first-order valence-corrected chi connectivity index (χ1v) is 6.15. The normalized spacial score (nSPS) is 10.9. The third-order valence-corrected chi connectivity index (χ3v) is 3.14. The molecule has 0 saturated carbocycles. The topological polar surface area (TPSA) is 30.2 Å².